The topological polar surface area (TPSA) is 12.9 Å². The highest BCUT2D eigenvalue weighted by molar-refractivity contribution is 6.17. The molecule has 78 valence electrons. The molecule has 0 fully saturated rings. The molecule has 0 radical (unpaired) electrons. The van der Waals surface area contributed by atoms with Gasteiger partial charge in [-0.3, -0.25) is 4.98 Å². The zero-order valence-electron chi connectivity index (χ0n) is 8.83. The van der Waals surface area contributed by atoms with E-state index in [2.05, 4.69) is 30.1 Å². The van der Waals surface area contributed by atoms with Crippen molar-refractivity contribution in [3.05, 3.63) is 41.7 Å². The Labute approximate surface area is 95.1 Å². The van der Waals surface area contributed by atoms with Gasteiger partial charge < -0.3 is 0 Å². The van der Waals surface area contributed by atoms with E-state index in [0.717, 1.165) is 18.5 Å². The predicted molar refractivity (Wildman–Crippen MR) is 65.3 cm³/mol. The van der Waals surface area contributed by atoms with Crippen molar-refractivity contribution in [2.24, 2.45) is 0 Å². The maximum absolute atomic E-state index is 5.91. The molecule has 15 heavy (non-hydrogen) atoms. The Hall–Kier alpha value is -1.08. The normalized spacial score (nSPS) is 10.8. The Balaban J connectivity index is 2.67. The van der Waals surface area contributed by atoms with Crippen LogP contribution in [-0.4, -0.2) is 4.98 Å². The number of rotatable bonds is 3. The number of hydrogen-bond acceptors (Lipinski definition) is 1. The number of aryl methyl sites for hydroxylation is 1. The second kappa shape index (κ2) is 4.63. The molecule has 2 heteroatoms. The minimum absolute atomic E-state index is 0.500. The van der Waals surface area contributed by atoms with E-state index in [1.165, 1.54) is 16.3 Å². The SMILES string of the molecule is CCCc1c(CCl)ncc2ccccc12. The van der Waals surface area contributed by atoms with Crippen LogP contribution in [0.1, 0.15) is 24.6 Å². The molecule has 0 bridgehead atoms. The average molecular weight is 220 g/mol. The van der Waals surface area contributed by atoms with E-state index in [9.17, 15) is 0 Å². The van der Waals surface area contributed by atoms with Crippen molar-refractivity contribution in [1.82, 2.24) is 4.98 Å². The molecular weight excluding hydrogens is 206 g/mol. The van der Waals surface area contributed by atoms with E-state index in [0.29, 0.717) is 5.88 Å². The average Bonchev–Trinajstić information content (AvgIpc) is 2.30. The van der Waals surface area contributed by atoms with Gasteiger partial charge in [0.2, 0.25) is 0 Å². The number of aromatic nitrogens is 1. The van der Waals surface area contributed by atoms with E-state index in [4.69, 9.17) is 11.6 Å². The van der Waals surface area contributed by atoms with Crippen LogP contribution in [0.2, 0.25) is 0 Å². The van der Waals surface area contributed by atoms with Crippen molar-refractivity contribution in [2.75, 3.05) is 0 Å². The third-order valence-corrected chi connectivity index (χ3v) is 2.87. The third kappa shape index (κ3) is 1.98. The molecular formula is C13H14ClN. The summed E-state index contributed by atoms with van der Waals surface area (Å²) in [5, 5.41) is 2.50. The summed E-state index contributed by atoms with van der Waals surface area (Å²) in [4.78, 5) is 4.41. The van der Waals surface area contributed by atoms with E-state index in [1.807, 2.05) is 12.3 Å². The van der Waals surface area contributed by atoms with Gasteiger partial charge in [0, 0.05) is 11.6 Å². The van der Waals surface area contributed by atoms with Crippen molar-refractivity contribution in [3.63, 3.8) is 0 Å². The summed E-state index contributed by atoms with van der Waals surface area (Å²) in [5.74, 6) is 0.500. The Morgan fingerprint density at radius 2 is 2.07 bits per heavy atom. The molecule has 0 aliphatic heterocycles. The highest BCUT2D eigenvalue weighted by Crippen LogP contribution is 2.22. The van der Waals surface area contributed by atoms with Crippen LogP contribution in [0.15, 0.2) is 30.5 Å². The molecule has 0 N–H and O–H groups in total. The molecule has 0 saturated carbocycles. The van der Waals surface area contributed by atoms with Crippen molar-refractivity contribution >= 4 is 22.4 Å². The van der Waals surface area contributed by atoms with Gasteiger partial charge in [-0.1, -0.05) is 37.6 Å². The van der Waals surface area contributed by atoms with E-state index < -0.39 is 0 Å². The Morgan fingerprint density at radius 1 is 1.27 bits per heavy atom. The molecule has 0 saturated heterocycles. The monoisotopic (exact) mass is 219 g/mol. The molecule has 0 spiro atoms. The number of alkyl halides is 1. The first kappa shape index (κ1) is 10.4. The summed E-state index contributed by atoms with van der Waals surface area (Å²) in [6, 6.07) is 8.36. The highest BCUT2D eigenvalue weighted by Gasteiger charge is 2.06. The molecule has 0 aliphatic rings. The van der Waals surface area contributed by atoms with Crippen LogP contribution in [0.3, 0.4) is 0 Å². The standard InChI is InChI=1S/C13H14ClN/c1-2-5-12-11-7-4-3-6-10(11)9-15-13(12)8-14/h3-4,6-7,9H,2,5,8H2,1H3. The van der Waals surface area contributed by atoms with Crippen molar-refractivity contribution < 1.29 is 0 Å². The first-order valence-corrected chi connectivity index (χ1v) is 5.81. The van der Waals surface area contributed by atoms with Crippen LogP contribution in [0, 0.1) is 0 Å². The first-order valence-electron chi connectivity index (χ1n) is 5.28. The van der Waals surface area contributed by atoms with Gasteiger partial charge in [-0.05, 0) is 17.4 Å². The van der Waals surface area contributed by atoms with Gasteiger partial charge in [-0.25, -0.2) is 0 Å². The highest BCUT2D eigenvalue weighted by atomic mass is 35.5. The molecule has 2 rings (SSSR count). The number of nitrogens with zero attached hydrogens (tertiary/aromatic N) is 1. The summed E-state index contributed by atoms with van der Waals surface area (Å²) in [7, 11) is 0. The number of halogens is 1. The molecule has 0 aliphatic carbocycles. The zero-order valence-corrected chi connectivity index (χ0v) is 9.59. The van der Waals surface area contributed by atoms with Crippen molar-refractivity contribution in [2.45, 2.75) is 25.6 Å². The van der Waals surface area contributed by atoms with Gasteiger partial charge in [0.05, 0.1) is 11.6 Å². The van der Waals surface area contributed by atoms with Gasteiger partial charge in [-0.2, -0.15) is 0 Å². The summed E-state index contributed by atoms with van der Waals surface area (Å²) in [6.45, 7) is 2.18. The maximum atomic E-state index is 5.91. The fourth-order valence-corrected chi connectivity index (χ4v) is 2.14. The fourth-order valence-electron chi connectivity index (χ4n) is 1.91. The number of pyridine rings is 1. The van der Waals surface area contributed by atoms with Gasteiger partial charge >= 0.3 is 0 Å². The van der Waals surface area contributed by atoms with Crippen LogP contribution in [-0.2, 0) is 12.3 Å². The molecule has 1 aromatic heterocycles. The molecule has 1 aromatic carbocycles. The molecule has 0 atom stereocenters. The quantitative estimate of drug-likeness (QED) is 0.713. The van der Waals surface area contributed by atoms with Crippen LogP contribution in [0.4, 0.5) is 0 Å². The Kier molecular flexibility index (Phi) is 3.22. The smallest absolute Gasteiger partial charge is 0.0650 e. The van der Waals surface area contributed by atoms with Crippen LogP contribution < -0.4 is 0 Å². The largest absolute Gasteiger partial charge is 0.259 e. The van der Waals surface area contributed by atoms with Crippen molar-refractivity contribution in [1.29, 1.82) is 0 Å². The van der Waals surface area contributed by atoms with Crippen LogP contribution in [0.5, 0.6) is 0 Å². The van der Waals surface area contributed by atoms with Gasteiger partial charge in [0.15, 0.2) is 0 Å². The zero-order chi connectivity index (χ0) is 10.7. The fraction of sp³-hybridized carbons (Fsp3) is 0.308. The number of fused-ring (bicyclic) bond motifs is 1. The lowest BCUT2D eigenvalue weighted by Crippen LogP contribution is -1.96. The number of benzene rings is 1. The van der Waals surface area contributed by atoms with Gasteiger partial charge in [-0.15, -0.1) is 11.6 Å². The predicted octanol–water partition coefficient (Wildman–Crippen LogP) is 3.93. The lowest BCUT2D eigenvalue weighted by atomic mass is 10.0. The Morgan fingerprint density at radius 3 is 2.80 bits per heavy atom. The van der Waals surface area contributed by atoms with Crippen LogP contribution >= 0.6 is 11.6 Å². The molecule has 1 nitrogen and oxygen atoms in total. The summed E-state index contributed by atoms with van der Waals surface area (Å²) in [6.07, 6.45) is 4.09. The van der Waals surface area contributed by atoms with E-state index in [1.54, 1.807) is 0 Å². The minimum atomic E-state index is 0.500. The lowest BCUT2D eigenvalue weighted by Gasteiger charge is -2.09. The third-order valence-electron chi connectivity index (χ3n) is 2.62. The second-order valence-electron chi connectivity index (χ2n) is 3.65. The van der Waals surface area contributed by atoms with Gasteiger partial charge in [0.1, 0.15) is 0 Å². The molecule has 1 heterocycles. The number of hydrogen-bond donors (Lipinski definition) is 0. The molecule has 0 amide bonds. The Bertz CT molecular complexity index is 465. The van der Waals surface area contributed by atoms with Gasteiger partial charge in [0.25, 0.3) is 0 Å². The lowest BCUT2D eigenvalue weighted by molar-refractivity contribution is 0.905. The van der Waals surface area contributed by atoms with Crippen LogP contribution in [0.25, 0.3) is 10.8 Å². The van der Waals surface area contributed by atoms with Crippen molar-refractivity contribution in [3.8, 4) is 0 Å². The minimum Gasteiger partial charge on any atom is -0.259 e. The molecule has 0 unspecified atom stereocenters. The van der Waals surface area contributed by atoms with E-state index in [-0.39, 0.29) is 0 Å². The maximum Gasteiger partial charge on any atom is 0.0650 e. The summed E-state index contributed by atoms with van der Waals surface area (Å²) >= 11 is 5.91. The summed E-state index contributed by atoms with van der Waals surface area (Å²) < 4.78 is 0. The van der Waals surface area contributed by atoms with E-state index >= 15 is 0 Å². The summed E-state index contributed by atoms with van der Waals surface area (Å²) in [5.41, 5.74) is 2.34. The first-order chi connectivity index (χ1) is 7.36. The molecule has 2 aromatic rings. The second-order valence-corrected chi connectivity index (χ2v) is 3.92.